The third-order valence-electron chi connectivity index (χ3n) is 4.41. The Bertz CT molecular complexity index is 830. The molecule has 134 valence electrons. The van der Waals surface area contributed by atoms with Crippen molar-refractivity contribution >= 4 is 15.9 Å². The Morgan fingerprint density at radius 1 is 1.04 bits per heavy atom. The van der Waals surface area contributed by atoms with E-state index in [0.29, 0.717) is 38.2 Å². The summed E-state index contributed by atoms with van der Waals surface area (Å²) >= 11 is 0. The maximum absolute atomic E-state index is 12.7. The van der Waals surface area contributed by atoms with Crippen molar-refractivity contribution in [2.24, 2.45) is 7.05 Å². The van der Waals surface area contributed by atoms with Gasteiger partial charge in [-0.25, -0.2) is 8.42 Å². The average molecular weight is 361 g/mol. The lowest BCUT2D eigenvalue weighted by molar-refractivity contribution is 0.0764. The highest BCUT2D eigenvalue weighted by atomic mass is 32.2. The molecule has 3 rings (SSSR count). The highest BCUT2D eigenvalue weighted by Gasteiger charge is 2.27. The van der Waals surface area contributed by atoms with Crippen LogP contribution in [-0.2, 0) is 22.8 Å². The van der Waals surface area contributed by atoms with Gasteiger partial charge < -0.3 is 9.47 Å². The van der Waals surface area contributed by atoms with E-state index < -0.39 is 10.0 Å². The number of aryl methyl sites for hydroxylation is 1. The zero-order valence-corrected chi connectivity index (χ0v) is 15.2. The zero-order valence-electron chi connectivity index (χ0n) is 14.3. The molecule has 1 aromatic carbocycles. The van der Waals surface area contributed by atoms with Crippen LogP contribution in [0.3, 0.4) is 0 Å². The second kappa shape index (κ2) is 7.41. The smallest absolute Gasteiger partial charge is 0.255 e. The quantitative estimate of drug-likeness (QED) is 0.833. The Morgan fingerprint density at radius 2 is 1.80 bits per heavy atom. The second-order valence-corrected chi connectivity index (χ2v) is 8.32. The minimum atomic E-state index is -3.38. The minimum Gasteiger partial charge on any atom is -0.356 e. The SMILES string of the molecule is Cn1ccc(C(=O)N2CCCN(S(=O)(=O)Cc3ccccc3)CC2)c1. The van der Waals surface area contributed by atoms with Gasteiger partial charge in [-0.05, 0) is 18.1 Å². The fourth-order valence-corrected chi connectivity index (χ4v) is 4.63. The summed E-state index contributed by atoms with van der Waals surface area (Å²) in [4.78, 5) is 14.3. The lowest BCUT2D eigenvalue weighted by atomic mass is 10.2. The van der Waals surface area contributed by atoms with Crippen molar-refractivity contribution in [2.45, 2.75) is 12.2 Å². The first kappa shape index (κ1) is 17.7. The first-order valence-electron chi connectivity index (χ1n) is 8.39. The molecule has 1 aromatic heterocycles. The molecule has 6 nitrogen and oxygen atoms in total. The molecule has 1 amide bonds. The monoisotopic (exact) mass is 361 g/mol. The van der Waals surface area contributed by atoms with E-state index in [9.17, 15) is 13.2 Å². The van der Waals surface area contributed by atoms with Crippen molar-refractivity contribution in [3.8, 4) is 0 Å². The van der Waals surface area contributed by atoms with E-state index in [1.54, 1.807) is 17.2 Å². The molecular weight excluding hydrogens is 338 g/mol. The number of hydrogen-bond donors (Lipinski definition) is 0. The van der Waals surface area contributed by atoms with Crippen molar-refractivity contribution < 1.29 is 13.2 Å². The summed E-state index contributed by atoms with van der Waals surface area (Å²) in [5.74, 6) is -0.0385. The van der Waals surface area contributed by atoms with Gasteiger partial charge >= 0.3 is 0 Å². The zero-order chi connectivity index (χ0) is 17.9. The molecule has 7 heteroatoms. The summed E-state index contributed by atoms with van der Waals surface area (Å²) < 4.78 is 28.7. The van der Waals surface area contributed by atoms with E-state index in [1.165, 1.54) is 4.31 Å². The lowest BCUT2D eigenvalue weighted by Crippen LogP contribution is -2.37. The Hall–Kier alpha value is -2.12. The number of carbonyl (C=O) groups excluding carboxylic acids is 1. The molecule has 1 aliphatic heterocycles. The summed E-state index contributed by atoms with van der Waals surface area (Å²) in [5.41, 5.74) is 1.42. The molecule has 0 bridgehead atoms. The highest BCUT2D eigenvalue weighted by molar-refractivity contribution is 7.88. The summed E-state index contributed by atoms with van der Waals surface area (Å²) in [5, 5.41) is 0. The van der Waals surface area contributed by atoms with Crippen LogP contribution in [0, 0.1) is 0 Å². The van der Waals surface area contributed by atoms with Crippen LogP contribution in [0.5, 0.6) is 0 Å². The molecule has 0 atom stereocenters. The van der Waals surface area contributed by atoms with Gasteiger partial charge in [0.1, 0.15) is 0 Å². The molecule has 1 saturated heterocycles. The number of hydrogen-bond acceptors (Lipinski definition) is 3. The van der Waals surface area contributed by atoms with E-state index in [4.69, 9.17) is 0 Å². The fourth-order valence-electron chi connectivity index (χ4n) is 3.06. The van der Waals surface area contributed by atoms with Crippen LogP contribution >= 0.6 is 0 Å². The van der Waals surface area contributed by atoms with Crippen molar-refractivity contribution in [2.75, 3.05) is 26.2 Å². The van der Waals surface area contributed by atoms with Gasteiger partial charge in [0.15, 0.2) is 0 Å². The number of aromatic nitrogens is 1. The summed E-state index contributed by atoms with van der Waals surface area (Å²) in [6.45, 7) is 1.79. The van der Waals surface area contributed by atoms with Crippen LogP contribution in [0.2, 0.25) is 0 Å². The first-order valence-corrected chi connectivity index (χ1v) is 9.99. The van der Waals surface area contributed by atoms with Crippen LogP contribution < -0.4 is 0 Å². The van der Waals surface area contributed by atoms with Gasteiger partial charge in [0.2, 0.25) is 10.0 Å². The molecular formula is C18H23N3O3S. The molecule has 0 radical (unpaired) electrons. The molecule has 2 aromatic rings. The van der Waals surface area contributed by atoms with Crippen molar-refractivity contribution in [1.82, 2.24) is 13.8 Å². The van der Waals surface area contributed by atoms with E-state index in [1.807, 2.05) is 48.1 Å². The maximum Gasteiger partial charge on any atom is 0.255 e. The van der Waals surface area contributed by atoms with Crippen molar-refractivity contribution in [3.05, 3.63) is 59.9 Å². The van der Waals surface area contributed by atoms with Crippen molar-refractivity contribution in [3.63, 3.8) is 0 Å². The van der Waals surface area contributed by atoms with Gasteiger partial charge in [-0.3, -0.25) is 4.79 Å². The highest BCUT2D eigenvalue weighted by Crippen LogP contribution is 2.15. The Balaban J connectivity index is 1.65. The standard InChI is InChI=1S/C18H23N3O3S/c1-19-11-8-17(14-19)18(22)20-9-5-10-21(13-12-20)25(23,24)15-16-6-3-2-4-7-16/h2-4,6-8,11,14H,5,9-10,12-13,15H2,1H3. The Kier molecular flexibility index (Phi) is 5.24. The second-order valence-electron chi connectivity index (χ2n) is 6.35. The predicted molar refractivity (Wildman–Crippen MR) is 96.6 cm³/mol. The first-order chi connectivity index (χ1) is 12.0. The van der Waals surface area contributed by atoms with Crippen LogP contribution in [0.15, 0.2) is 48.8 Å². The number of amides is 1. The minimum absolute atomic E-state index is 0.000468. The normalized spacial score (nSPS) is 16.6. The van der Waals surface area contributed by atoms with Crippen LogP contribution in [-0.4, -0.2) is 54.3 Å². The van der Waals surface area contributed by atoms with Crippen LogP contribution in [0.1, 0.15) is 22.3 Å². The number of carbonyl (C=O) groups is 1. The summed E-state index contributed by atoms with van der Waals surface area (Å²) in [6.07, 6.45) is 4.27. The lowest BCUT2D eigenvalue weighted by Gasteiger charge is -2.21. The van der Waals surface area contributed by atoms with E-state index in [2.05, 4.69) is 0 Å². The van der Waals surface area contributed by atoms with Gasteiger partial charge in [-0.2, -0.15) is 4.31 Å². The largest absolute Gasteiger partial charge is 0.356 e. The molecule has 0 spiro atoms. The van der Waals surface area contributed by atoms with E-state index in [0.717, 1.165) is 5.56 Å². The summed E-state index contributed by atoms with van der Waals surface area (Å²) in [6, 6.07) is 11.0. The molecule has 25 heavy (non-hydrogen) atoms. The predicted octanol–water partition coefficient (Wildman–Crippen LogP) is 1.70. The molecule has 0 aliphatic carbocycles. The van der Waals surface area contributed by atoms with Crippen LogP contribution in [0.4, 0.5) is 0 Å². The number of nitrogens with zero attached hydrogens (tertiary/aromatic N) is 3. The maximum atomic E-state index is 12.7. The Labute approximate surface area is 148 Å². The van der Waals surface area contributed by atoms with Gasteiger partial charge in [0.05, 0.1) is 11.3 Å². The molecule has 0 saturated carbocycles. The average Bonchev–Trinajstić information content (AvgIpc) is 2.86. The molecule has 2 heterocycles. The van der Waals surface area contributed by atoms with E-state index >= 15 is 0 Å². The third kappa shape index (κ3) is 4.29. The molecule has 1 aliphatic rings. The fraction of sp³-hybridized carbons (Fsp3) is 0.389. The van der Waals surface area contributed by atoms with Gasteiger partial charge in [-0.1, -0.05) is 30.3 Å². The van der Waals surface area contributed by atoms with Crippen molar-refractivity contribution in [1.29, 1.82) is 0 Å². The number of sulfonamides is 1. The summed E-state index contributed by atoms with van der Waals surface area (Å²) in [7, 11) is -1.51. The van der Waals surface area contributed by atoms with Crippen LogP contribution in [0.25, 0.3) is 0 Å². The third-order valence-corrected chi connectivity index (χ3v) is 6.26. The van der Waals surface area contributed by atoms with Gasteiger partial charge in [0.25, 0.3) is 5.91 Å². The van der Waals surface area contributed by atoms with Gasteiger partial charge in [-0.15, -0.1) is 0 Å². The number of rotatable bonds is 4. The molecule has 0 N–H and O–H groups in total. The molecule has 1 fully saturated rings. The number of benzene rings is 1. The van der Waals surface area contributed by atoms with E-state index in [-0.39, 0.29) is 11.7 Å². The molecule has 0 unspecified atom stereocenters. The Morgan fingerprint density at radius 3 is 2.48 bits per heavy atom. The topological polar surface area (TPSA) is 62.6 Å². The van der Waals surface area contributed by atoms with Gasteiger partial charge in [0, 0.05) is 45.6 Å².